The van der Waals surface area contributed by atoms with Crippen molar-refractivity contribution in [2.75, 3.05) is 12.4 Å². The molecule has 0 saturated heterocycles. The molecule has 0 heterocycles. The number of carbonyl (C=O) groups is 1. The molecule has 3 rings (SSSR count). The maximum Gasteiger partial charge on any atom is 0.416 e. The van der Waals surface area contributed by atoms with E-state index in [0.29, 0.717) is 23.7 Å². The monoisotopic (exact) mass is 520 g/mol. The van der Waals surface area contributed by atoms with E-state index in [9.17, 15) is 18.0 Å². The Morgan fingerprint density at radius 2 is 1.67 bits per heavy atom. The smallest absolute Gasteiger partial charge is 0.416 e. The SMILES string of the molecule is Cc1cc(SCC[C@@H](C)Oc2ccc(C(F)(F)F)cc2Oc2ccccc2C)ccc1OCC(=O)O. The molecule has 1 N–H and O–H groups in total. The van der Waals surface area contributed by atoms with E-state index in [1.54, 1.807) is 30.0 Å². The van der Waals surface area contributed by atoms with Crippen molar-refractivity contribution >= 4 is 17.7 Å². The zero-order valence-corrected chi connectivity index (χ0v) is 20.9. The average molecular weight is 521 g/mol. The fourth-order valence-corrected chi connectivity index (χ4v) is 4.39. The Morgan fingerprint density at radius 1 is 0.944 bits per heavy atom. The van der Waals surface area contributed by atoms with Gasteiger partial charge >= 0.3 is 12.1 Å². The van der Waals surface area contributed by atoms with Gasteiger partial charge in [-0.15, -0.1) is 11.8 Å². The molecule has 0 aliphatic carbocycles. The Hall–Kier alpha value is -3.33. The average Bonchev–Trinajstić information content (AvgIpc) is 2.80. The topological polar surface area (TPSA) is 65.0 Å². The summed E-state index contributed by atoms with van der Waals surface area (Å²) in [4.78, 5) is 11.7. The molecule has 1 atom stereocenters. The van der Waals surface area contributed by atoms with Gasteiger partial charge in [0, 0.05) is 10.6 Å². The van der Waals surface area contributed by atoms with Gasteiger partial charge in [0.2, 0.25) is 0 Å². The van der Waals surface area contributed by atoms with Crippen molar-refractivity contribution in [2.24, 2.45) is 0 Å². The fraction of sp³-hybridized carbons (Fsp3) is 0.296. The second-order valence-corrected chi connectivity index (χ2v) is 9.37. The Kier molecular flexibility index (Phi) is 9.14. The summed E-state index contributed by atoms with van der Waals surface area (Å²) in [5.74, 6) is 0.871. The van der Waals surface area contributed by atoms with Gasteiger partial charge in [-0.25, -0.2) is 4.79 Å². The van der Waals surface area contributed by atoms with Gasteiger partial charge < -0.3 is 19.3 Å². The van der Waals surface area contributed by atoms with Gasteiger partial charge in [0.25, 0.3) is 0 Å². The van der Waals surface area contributed by atoms with E-state index in [2.05, 4.69) is 0 Å². The van der Waals surface area contributed by atoms with Crippen LogP contribution < -0.4 is 14.2 Å². The summed E-state index contributed by atoms with van der Waals surface area (Å²) in [6, 6.07) is 15.8. The first kappa shape index (κ1) is 27.3. The number of thioether (sulfide) groups is 1. The van der Waals surface area contributed by atoms with Crippen molar-refractivity contribution in [3.63, 3.8) is 0 Å². The zero-order valence-electron chi connectivity index (χ0n) is 20.1. The van der Waals surface area contributed by atoms with Gasteiger partial charge in [0.1, 0.15) is 11.5 Å². The first-order valence-electron chi connectivity index (χ1n) is 11.2. The number of hydrogen-bond donors (Lipinski definition) is 1. The van der Waals surface area contributed by atoms with Gasteiger partial charge in [-0.1, -0.05) is 18.2 Å². The van der Waals surface area contributed by atoms with E-state index in [4.69, 9.17) is 19.3 Å². The van der Waals surface area contributed by atoms with Crippen molar-refractivity contribution in [3.05, 3.63) is 77.4 Å². The number of hydrogen-bond acceptors (Lipinski definition) is 5. The van der Waals surface area contributed by atoms with E-state index in [-0.39, 0.29) is 17.6 Å². The summed E-state index contributed by atoms with van der Waals surface area (Å²) >= 11 is 1.59. The van der Waals surface area contributed by atoms with E-state index >= 15 is 0 Å². The fourth-order valence-electron chi connectivity index (χ4n) is 3.28. The first-order chi connectivity index (χ1) is 17.0. The maximum atomic E-state index is 13.3. The Bertz CT molecular complexity index is 1200. The number of aliphatic carboxylic acids is 1. The zero-order chi connectivity index (χ0) is 26.3. The van der Waals surface area contributed by atoms with Crippen LogP contribution in [0.25, 0.3) is 0 Å². The predicted molar refractivity (Wildman–Crippen MR) is 132 cm³/mol. The molecule has 5 nitrogen and oxygen atoms in total. The third-order valence-corrected chi connectivity index (χ3v) is 6.23. The molecule has 0 aromatic heterocycles. The Balaban J connectivity index is 1.64. The van der Waals surface area contributed by atoms with Crippen LogP contribution in [0.5, 0.6) is 23.0 Å². The van der Waals surface area contributed by atoms with Crippen LogP contribution in [0.1, 0.15) is 30.0 Å². The van der Waals surface area contributed by atoms with Crippen LogP contribution >= 0.6 is 11.8 Å². The quantitative estimate of drug-likeness (QED) is 0.264. The number of benzene rings is 3. The van der Waals surface area contributed by atoms with Gasteiger partial charge in [0.15, 0.2) is 18.1 Å². The lowest BCUT2D eigenvalue weighted by Crippen LogP contribution is -2.14. The van der Waals surface area contributed by atoms with E-state index in [1.165, 1.54) is 6.07 Å². The van der Waals surface area contributed by atoms with Crippen molar-refractivity contribution in [3.8, 4) is 23.0 Å². The molecule has 3 aromatic rings. The summed E-state index contributed by atoms with van der Waals surface area (Å²) in [5, 5.41) is 8.75. The Labute approximate surface area is 212 Å². The van der Waals surface area contributed by atoms with Crippen molar-refractivity contribution in [1.29, 1.82) is 0 Å². The van der Waals surface area contributed by atoms with Crippen LogP contribution in [0.4, 0.5) is 13.2 Å². The second-order valence-electron chi connectivity index (χ2n) is 8.20. The number of rotatable bonds is 11. The highest BCUT2D eigenvalue weighted by Gasteiger charge is 2.32. The van der Waals surface area contributed by atoms with Crippen LogP contribution in [0.3, 0.4) is 0 Å². The molecule has 0 bridgehead atoms. The molecule has 0 aliphatic heterocycles. The molecule has 192 valence electrons. The molecule has 36 heavy (non-hydrogen) atoms. The lowest BCUT2D eigenvalue weighted by molar-refractivity contribution is -0.139. The highest BCUT2D eigenvalue weighted by atomic mass is 32.2. The molecule has 0 fully saturated rings. The summed E-state index contributed by atoms with van der Waals surface area (Å²) in [5.41, 5.74) is 0.807. The van der Waals surface area contributed by atoms with Crippen LogP contribution in [0.2, 0.25) is 0 Å². The lowest BCUT2D eigenvalue weighted by Gasteiger charge is -2.19. The number of aryl methyl sites for hydroxylation is 2. The highest BCUT2D eigenvalue weighted by Crippen LogP contribution is 2.39. The molecule has 0 radical (unpaired) electrons. The van der Waals surface area contributed by atoms with Crippen LogP contribution in [0, 0.1) is 13.8 Å². The summed E-state index contributed by atoms with van der Waals surface area (Å²) in [6.07, 6.45) is -4.16. The molecule has 0 spiro atoms. The first-order valence-corrected chi connectivity index (χ1v) is 12.2. The third-order valence-electron chi connectivity index (χ3n) is 5.20. The minimum Gasteiger partial charge on any atom is -0.487 e. The second kappa shape index (κ2) is 12.1. The van der Waals surface area contributed by atoms with Crippen LogP contribution in [-0.4, -0.2) is 29.5 Å². The number of carboxylic acids is 1. The van der Waals surface area contributed by atoms with E-state index < -0.39 is 24.3 Å². The number of carboxylic acid groups (broad SMARTS) is 1. The largest absolute Gasteiger partial charge is 0.487 e. The third kappa shape index (κ3) is 7.84. The van der Waals surface area contributed by atoms with Gasteiger partial charge in [0.05, 0.1) is 11.7 Å². The highest BCUT2D eigenvalue weighted by molar-refractivity contribution is 7.99. The van der Waals surface area contributed by atoms with Crippen LogP contribution in [-0.2, 0) is 11.0 Å². The van der Waals surface area contributed by atoms with Crippen molar-refractivity contribution in [2.45, 2.75) is 44.4 Å². The van der Waals surface area contributed by atoms with Gasteiger partial charge in [-0.05, 0) is 80.8 Å². The van der Waals surface area contributed by atoms with E-state index in [0.717, 1.165) is 28.2 Å². The van der Waals surface area contributed by atoms with Gasteiger partial charge in [-0.3, -0.25) is 0 Å². The molecule has 0 unspecified atom stereocenters. The molecular formula is C27H27F3O5S. The lowest BCUT2D eigenvalue weighted by atomic mass is 10.2. The van der Waals surface area contributed by atoms with Crippen molar-refractivity contribution < 1.29 is 37.3 Å². The summed E-state index contributed by atoms with van der Waals surface area (Å²) in [6.45, 7) is 5.11. The number of halogens is 3. The number of alkyl halides is 3. The molecule has 9 heteroatoms. The van der Waals surface area contributed by atoms with Crippen LogP contribution in [0.15, 0.2) is 65.6 Å². The Morgan fingerprint density at radius 3 is 2.33 bits per heavy atom. The molecule has 3 aromatic carbocycles. The maximum absolute atomic E-state index is 13.3. The summed E-state index contributed by atoms with van der Waals surface area (Å²) < 4.78 is 57.0. The molecule has 0 saturated carbocycles. The normalized spacial score (nSPS) is 12.2. The number of para-hydroxylation sites is 1. The van der Waals surface area contributed by atoms with E-state index in [1.807, 2.05) is 45.0 Å². The van der Waals surface area contributed by atoms with Crippen molar-refractivity contribution in [1.82, 2.24) is 0 Å². The standard InChI is InChI=1S/C27H27F3O5S/c1-17-6-4-5-7-23(17)35-25-15-20(27(28,29)30)8-10-24(25)34-19(3)12-13-36-21-9-11-22(18(2)14-21)33-16-26(31)32/h4-11,14-15,19H,12-13,16H2,1-3H3,(H,31,32)/t19-/m1/s1. The number of ether oxygens (including phenoxy) is 3. The molecule has 0 amide bonds. The minimum atomic E-state index is -4.50. The van der Waals surface area contributed by atoms with Gasteiger partial charge in [-0.2, -0.15) is 13.2 Å². The predicted octanol–water partition coefficient (Wildman–Crippen LogP) is 7.53. The molecular weight excluding hydrogens is 493 g/mol. The minimum absolute atomic E-state index is 0.00574. The summed E-state index contributed by atoms with van der Waals surface area (Å²) in [7, 11) is 0. The molecule has 0 aliphatic rings.